The van der Waals surface area contributed by atoms with Crippen molar-refractivity contribution in [3.8, 4) is 5.75 Å². The molecule has 0 saturated heterocycles. The molecule has 0 heterocycles. The van der Waals surface area contributed by atoms with Crippen LogP contribution in [0, 0.1) is 0 Å². The Kier molecular flexibility index (Phi) is 6.31. The van der Waals surface area contributed by atoms with Crippen molar-refractivity contribution in [2.45, 2.75) is 19.9 Å². The molecule has 0 bridgehead atoms. The number of ether oxygens (including phenoxy) is 1. The first kappa shape index (κ1) is 18.7. The predicted octanol–water partition coefficient (Wildman–Crippen LogP) is 3.14. The fraction of sp³-hybridized carbons (Fsp3) is 0.300. The molecule has 1 N–H and O–H groups in total. The molecule has 0 spiro atoms. The Labute approximate surface area is 148 Å². The molecule has 0 saturated carbocycles. The van der Waals surface area contributed by atoms with Gasteiger partial charge in [-0.15, -0.1) is 0 Å². The Balaban J connectivity index is 2.12. The number of rotatable bonds is 7. The van der Waals surface area contributed by atoms with E-state index in [1.165, 1.54) is 6.92 Å². The monoisotopic (exact) mass is 340 g/mol. The minimum absolute atomic E-state index is 0.0410. The standard InChI is InChI=1S/C20H24N2O3/c1-14(23)16-8-9-19(25-4)17(11-16)12-20(24)21-18-7-5-6-15(10-18)13-22(2)3/h5-11H,12-13H2,1-4H3,(H,21,24). The van der Waals surface area contributed by atoms with E-state index in [1.54, 1.807) is 25.3 Å². The summed E-state index contributed by atoms with van der Waals surface area (Å²) in [6, 6.07) is 12.9. The Morgan fingerprint density at radius 2 is 1.88 bits per heavy atom. The molecule has 0 atom stereocenters. The molecule has 2 aromatic rings. The van der Waals surface area contributed by atoms with Gasteiger partial charge in [-0.2, -0.15) is 0 Å². The van der Waals surface area contributed by atoms with E-state index in [-0.39, 0.29) is 18.1 Å². The van der Waals surface area contributed by atoms with Crippen molar-refractivity contribution < 1.29 is 14.3 Å². The van der Waals surface area contributed by atoms with Crippen molar-refractivity contribution >= 4 is 17.4 Å². The normalized spacial score (nSPS) is 10.6. The highest BCUT2D eigenvalue weighted by molar-refractivity contribution is 5.96. The number of hydrogen-bond donors (Lipinski definition) is 1. The first-order valence-electron chi connectivity index (χ1n) is 8.10. The average molecular weight is 340 g/mol. The maximum Gasteiger partial charge on any atom is 0.228 e. The van der Waals surface area contributed by atoms with E-state index in [2.05, 4.69) is 10.2 Å². The fourth-order valence-corrected chi connectivity index (χ4v) is 2.63. The number of amides is 1. The number of hydrogen-bond acceptors (Lipinski definition) is 4. The Hall–Kier alpha value is -2.66. The van der Waals surface area contributed by atoms with E-state index in [4.69, 9.17) is 4.74 Å². The zero-order valence-electron chi connectivity index (χ0n) is 15.1. The highest BCUT2D eigenvalue weighted by Crippen LogP contribution is 2.21. The molecule has 2 aromatic carbocycles. The third-order valence-corrected chi connectivity index (χ3v) is 3.75. The highest BCUT2D eigenvalue weighted by atomic mass is 16.5. The van der Waals surface area contributed by atoms with Gasteiger partial charge >= 0.3 is 0 Å². The molecule has 0 unspecified atom stereocenters. The third kappa shape index (κ3) is 5.43. The first-order valence-corrected chi connectivity index (χ1v) is 8.10. The van der Waals surface area contributed by atoms with Crippen molar-refractivity contribution in [2.24, 2.45) is 0 Å². The summed E-state index contributed by atoms with van der Waals surface area (Å²) in [4.78, 5) is 26.0. The Morgan fingerprint density at radius 3 is 2.52 bits per heavy atom. The molecule has 0 aromatic heterocycles. The molecular weight excluding hydrogens is 316 g/mol. The SMILES string of the molecule is COc1ccc(C(C)=O)cc1CC(=O)Nc1cccc(CN(C)C)c1. The van der Waals surface area contributed by atoms with Crippen LogP contribution in [0.15, 0.2) is 42.5 Å². The molecule has 5 heteroatoms. The number of nitrogens with zero attached hydrogens (tertiary/aromatic N) is 1. The number of ketones is 1. The lowest BCUT2D eigenvalue weighted by Crippen LogP contribution is -2.16. The second kappa shape index (κ2) is 8.44. The number of carbonyl (C=O) groups is 2. The Bertz CT molecular complexity index is 769. The minimum Gasteiger partial charge on any atom is -0.496 e. The largest absolute Gasteiger partial charge is 0.496 e. The van der Waals surface area contributed by atoms with Crippen LogP contribution >= 0.6 is 0 Å². The van der Waals surface area contributed by atoms with E-state index < -0.39 is 0 Å². The lowest BCUT2D eigenvalue weighted by molar-refractivity contribution is -0.115. The van der Waals surface area contributed by atoms with Gasteiger partial charge in [-0.3, -0.25) is 9.59 Å². The molecule has 0 radical (unpaired) electrons. The maximum atomic E-state index is 12.4. The Morgan fingerprint density at radius 1 is 1.12 bits per heavy atom. The van der Waals surface area contributed by atoms with Crippen molar-refractivity contribution in [1.29, 1.82) is 0 Å². The van der Waals surface area contributed by atoms with Crippen molar-refractivity contribution in [3.05, 3.63) is 59.2 Å². The van der Waals surface area contributed by atoms with Gasteiger partial charge in [0.2, 0.25) is 5.91 Å². The maximum absolute atomic E-state index is 12.4. The zero-order valence-corrected chi connectivity index (χ0v) is 15.1. The second-order valence-electron chi connectivity index (χ2n) is 6.25. The molecule has 0 aliphatic rings. The van der Waals surface area contributed by atoms with E-state index in [0.717, 1.165) is 17.8 Å². The number of methoxy groups -OCH3 is 1. The quantitative estimate of drug-likeness (QED) is 0.787. The zero-order chi connectivity index (χ0) is 18.4. The van der Waals surface area contributed by atoms with Crippen LogP contribution in [0.2, 0.25) is 0 Å². The van der Waals surface area contributed by atoms with Crippen molar-refractivity contribution in [3.63, 3.8) is 0 Å². The fourth-order valence-electron chi connectivity index (χ4n) is 2.63. The van der Waals surface area contributed by atoms with E-state index in [1.807, 2.05) is 38.4 Å². The predicted molar refractivity (Wildman–Crippen MR) is 99.2 cm³/mol. The number of nitrogens with one attached hydrogen (secondary N) is 1. The van der Waals surface area contributed by atoms with Crippen LogP contribution in [0.25, 0.3) is 0 Å². The second-order valence-corrected chi connectivity index (χ2v) is 6.25. The topological polar surface area (TPSA) is 58.6 Å². The van der Waals surface area contributed by atoms with Gasteiger partial charge in [0.1, 0.15) is 5.75 Å². The van der Waals surface area contributed by atoms with Gasteiger partial charge in [0, 0.05) is 23.4 Å². The summed E-state index contributed by atoms with van der Waals surface area (Å²) in [5, 5.41) is 2.91. The summed E-state index contributed by atoms with van der Waals surface area (Å²) in [6.07, 6.45) is 0.141. The molecule has 5 nitrogen and oxygen atoms in total. The first-order chi connectivity index (χ1) is 11.9. The third-order valence-electron chi connectivity index (χ3n) is 3.75. The van der Waals surface area contributed by atoms with Crippen LogP contribution < -0.4 is 10.1 Å². The summed E-state index contributed by atoms with van der Waals surface area (Å²) < 4.78 is 5.30. The molecule has 1 amide bonds. The summed E-state index contributed by atoms with van der Waals surface area (Å²) in [6.45, 7) is 2.31. The molecule has 0 aliphatic heterocycles. The van der Waals surface area contributed by atoms with Gasteiger partial charge in [-0.1, -0.05) is 12.1 Å². The molecule has 25 heavy (non-hydrogen) atoms. The van der Waals surface area contributed by atoms with Crippen LogP contribution in [0.5, 0.6) is 5.75 Å². The number of carbonyl (C=O) groups excluding carboxylic acids is 2. The van der Waals surface area contributed by atoms with E-state index >= 15 is 0 Å². The van der Waals surface area contributed by atoms with Crippen LogP contribution in [0.1, 0.15) is 28.4 Å². The molecular formula is C20H24N2O3. The van der Waals surface area contributed by atoms with Gasteiger partial charge < -0.3 is 15.0 Å². The average Bonchev–Trinajstić information content (AvgIpc) is 2.54. The molecule has 2 rings (SSSR count). The van der Waals surface area contributed by atoms with Crippen LogP contribution in [-0.4, -0.2) is 37.8 Å². The molecule has 0 aliphatic carbocycles. The van der Waals surface area contributed by atoms with Gasteiger partial charge in [-0.25, -0.2) is 0 Å². The molecule has 132 valence electrons. The molecule has 0 fully saturated rings. The highest BCUT2D eigenvalue weighted by Gasteiger charge is 2.12. The minimum atomic E-state index is -0.152. The summed E-state index contributed by atoms with van der Waals surface area (Å²) in [5.74, 6) is 0.406. The lowest BCUT2D eigenvalue weighted by Gasteiger charge is -2.12. The van der Waals surface area contributed by atoms with Crippen LogP contribution in [0.3, 0.4) is 0 Å². The summed E-state index contributed by atoms with van der Waals surface area (Å²) in [5.41, 5.74) is 3.14. The van der Waals surface area contributed by atoms with E-state index in [9.17, 15) is 9.59 Å². The van der Waals surface area contributed by atoms with Gasteiger partial charge in [0.25, 0.3) is 0 Å². The van der Waals surface area contributed by atoms with Gasteiger partial charge in [-0.05, 0) is 56.9 Å². The van der Waals surface area contributed by atoms with Crippen molar-refractivity contribution in [2.75, 3.05) is 26.5 Å². The van der Waals surface area contributed by atoms with Crippen LogP contribution in [0.4, 0.5) is 5.69 Å². The lowest BCUT2D eigenvalue weighted by atomic mass is 10.0. The number of benzene rings is 2. The van der Waals surface area contributed by atoms with Gasteiger partial charge in [0.15, 0.2) is 5.78 Å². The van der Waals surface area contributed by atoms with E-state index in [0.29, 0.717) is 16.9 Å². The van der Waals surface area contributed by atoms with Crippen LogP contribution in [-0.2, 0) is 17.8 Å². The summed E-state index contributed by atoms with van der Waals surface area (Å²) >= 11 is 0. The van der Waals surface area contributed by atoms with Crippen molar-refractivity contribution in [1.82, 2.24) is 4.90 Å². The smallest absolute Gasteiger partial charge is 0.228 e. The van der Waals surface area contributed by atoms with Gasteiger partial charge in [0.05, 0.1) is 13.5 Å². The summed E-state index contributed by atoms with van der Waals surface area (Å²) in [7, 11) is 5.55. The number of Topliss-reactive ketones (excluding diaryl/α,β-unsaturated/α-hetero) is 1. The number of anilines is 1.